The lowest BCUT2D eigenvalue weighted by Gasteiger charge is -2.37. The van der Waals surface area contributed by atoms with Gasteiger partial charge >= 0.3 is 0 Å². The monoisotopic (exact) mass is 464 g/mol. The number of pyridine rings is 1. The van der Waals surface area contributed by atoms with E-state index in [0.29, 0.717) is 10.9 Å². The van der Waals surface area contributed by atoms with Crippen LogP contribution in [0.4, 0.5) is 11.4 Å². The number of anilines is 2. The van der Waals surface area contributed by atoms with Gasteiger partial charge in [0.15, 0.2) is 10.8 Å². The first-order chi connectivity index (χ1) is 15.9. The van der Waals surface area contributed by atoms with Crippen LogP contribution in [0.5, 0.6) is 0 Å². The second-order valence-corrected chi connectivity index (χ2v) is 9.29. The lowest BCUT2D eigenvalue weighted by atomic mass is 10.1. The van der Waals surface area contributed by atoms with Crippen molar-refractivity contribution in [2.45, 2.75) is 31.7 Å². The van der Waals surface area contributed by atoms with Gasteiger partial charge in [-0.05, 0) is 50.4 Å². The molecule has 0 radical (unpaired) electrons. The molecule has 0 aliphatic carbocycles. The number of hydrogen-bond acceptors (Lipinski definition) is 9. The largest absolute Gasteiger partial charge is 0.372 e. The van der Waals surface area contributed by atoms with Gasteiger partial charge < -0.3 is 20.3 Å². The van der Waals surface area contributed by atoms with Gasteiger partial charge in [0.05, 0.1) is 41.5 Å². The average Bonchev–Trinajstić information content (AvgIpc) is 3.26. The molecule has 0 bridgehead atoms. The van der Waals surface area contributed by atoms with Crippen LogP contribution in [0.15, 0.2) is 59.6 Å². The minimum atomic E-state index is -1.09. The van der Waals surface area contributed by atoms with E-state index in [4.69, 9.17) is 20.4 Å². The van der Waals surface area contributed by atoms with E-state index in [9.17, 15) is 0 Å². The van der Waals surface area contributed by atoms with Crippen molar-refractivity contribution < 1.29 is 4.74 Å². The Balaban J connectivity index is 1.40. The van der Waals surface area contributed by atoms with Crippen molar-refractivity contribution in [3.8, 4) is 0 Å². The summed E-state index contributed by atoms with van der Waals surface area (Å²) in [6.45, 7) is 5.87. The van der Waals surface area contributed by atoms with Crippen LogP contribution in [-0.4, -0.2) is 51.9 Å². The third-order valence-electron chi connectivity index (χ3n) is 5.75. The molecule has 0 amide bonds. The maximum absolute atomic E-state index is 6.77. The number of H-pyrrole nitrogens is 1. The van der Waals surface area contributed by atoms with Gasteiger partial charge in [0.25, 0.3) is 0 Å². The number of aromatic nitrogens is 3. The number of nitrogens with two attached hydrogens (primary N) is 1. The number of nitrogens with zero attached hydrogens (tertiary/aromatic N) is 4. The van der Waals surface area contributed by atoms with Crippen molar-refractivity contribution >= 4 is 39.2 Å². The van der Waals surface area contributed by atoms with Crippen molar-refractivity contribution in [3.63, 3.8) is 0 Å². The Morgan fingerprint density at radius 1 is 1.18 bits per heavy atom. The van der Waals surface area contributed by atoms with Gasteiger partial charge in [-0.25, -0.2) is 4.99 Å². The number of nitrogens with one attached hydrogen (secondary N) is 3. The molecule has 9 nitrogen and oxygen atoms in total. The molecule has 2 aliphatic rings. The number of morpholine rings is 1. The van der Waals surface area contributed by atoms with E-state index in [-0.39, 0.29) is 12.2 Å². The maximum Gasteiger partial charge on any atom is 0.176 e. The zero-order valence-electron chi connectivity index (χ0n) is 18.9. The number of rotatable bonds is 4. The molecule has 4 heterocycles. The summed E-state index contributed by atoms with van der Waals surface area (Å²) in [5, 5.41) is 15.5. The first kappa shape index (κ1) is 21.7. The molecule has 2 aliphatic heterocycles. The molecule has 33 heavy (non-hydrogen) atoms. The standard InChI is InChI=1S/C23H28N8OS/c1-14-12-31(13-15(2)32-14)18-5-7-20(25-11-18)23(24)9-21(28-22(29-23)33-3)27-17-4-6-19-16(8-17)10-26-30-19/h4-11,14-15,27H,12-13,24H2,1-3H3,(H,26,30)(H,28,29)/t14-,15+,23?. The van der Waals surface area contributed by atoms with Crippen LogP contribution in [0, 0.1) is 0 Å². The Labute approximate surface area is 196 Å². The topological polar surface area (TPSA) is 116 Å². The quantitative estimate of drug-likeness (QED) is 0.466. The molecule has 172 valence electrons. The molecule has 0 spiro atoms. The second kappa shape index (κ2) is 8.69. The van der Waals surface area contributed by atoms with E-state index in [1.807, 2.05) is 42.8 Å². The van der Waals surface area contributed by atoms with Crippen LogP contribution in [0.2, 0.25) is 0 Å². The number of aliphatic imine (C=N–C) groups is 1. The molecular formula is C23H28N8OS. The summed E-state index contributed by atoms with van der Waals surface area (Å²) in [6.07, 6.45) is 7.87. The summed E-state index contributed by atoms with van der Waals surface area (Å²) in [7, 11) is 0. The smallest absolute Gasteiger partial charge is 0.176 e. The molecule has 1 aromatic carbocycles. The van der Waals surface area contributed by atoms with E-state index in [1.54, 1.807) is 6.20 Å². The molecule has 3 atom stereocenters. The normalized spacial score (nSPS) is 25.4. The molecule has 1 saturated heterocycles. The number of amidine groups is 1. The summed E-state index contributed by atoms with van der Waals surface area (Å²) in [6, 6.07) is 10.0. The summed E-state index contributed by atoms with van der Waals surface area (Å²) >= 11 is 1.50. The zero-order valence-corrected chi connectivity index (χ0v) is 19.7. The summed E-state index contributed by atoms with van der Waals surface area (Å²) in [4.78, 5) is 11.7. The molecule has 3 aromatic rings. The third-order valence-corrected chi connectivity index (χ3v) is 6.33. The predicted octanol–water partition coefficient (Wildman–Crippen LogP) is 2.96. The van der Waals surface area contributed by atoms with Crippen LogP contribution >= 0.6 is 11.8 Å². The average molecular weight is 465 g/mol. The molecule has 10 heteroatoms. The number of aromatic amines is 1. The Hall–Kier alpha value is -3.08. The molecule has 2 aromatic heterocycles. The summed E-state index contributed by atoms with van der Waals surface area (Å²) in [5.74, 6) is 0.751. The van der Waals surface area contributed by atoms with Crippen LogP contribution < -0.4 is 21.3 Å². The van der Waals surface area contributed by atoms with Gasteiger partial charge in [-0.2, -0.15) is 5.10 Å². The molecule has 0 saturated carbocycles. The SMILES string of the molecule is CSC1=NC(N)(c2ccc(N3C[C@@H](C)O[C@@H](C)C3)cn2)C=C(Nc2ccc3[nH]ncc3c2)N1. The third kappa shape index (κ3) is 4.54. The fourth-order valence-corrected chi connectivity index (χ4v) is 4.72. The Bertz CT molecular complexity index is 1200. The van der Waals surface area contributed by atoms with E-state index >= 15 is 0 Å². The summed E-state index contributed by atoms with van der Waals surface area (Å²) < 4.78 is 5.85. The molecule has 1 fully saturated rings. The van der Waals surface area contributed by atoms with Crippen LogP contribution in [-0.2, 0) is 10.4 Å². The fraction of sp³-hybridized carbons (Fsp3) is 0.348. The first-order valence-corrected chi connectivity index (χ1v) is 12.1. The highest BCUT2D eigenvalue weighted by Crippen LogP contribution is 2.29. The van der Waals surface area contributed by atoms with Crippen molar-refractivity contribution in [1.29, 1.82) is 0 Å². The molecular weight excluding hydrogens is 436 g/mol. The second-order valence-electron chi connectivity index (χ2n) is 8.49. The van der Waals surface area contributed by atoms with E-state index in [1.165, 1.54) is 11.8 Å². The lowest BCUT2D eigenvalue weighted by Crippen LogP contribution is -2.45. The van der Waals surface area contributed by atoms with Crippen LogP contribution in [0.25, 0.3) is 10.9 Å². The number of ether oxygens (including phenoxy) is 1. The van der Waals surface area contributed by atoms with Crippen molar-refractivity contribution in [3.05, 3.63) is 60.3 Å². The van der Waals surface area contributed by atoms with Gasteiger partial charge in [-0.3, -0.25) is 15.8 Å². The van der Waals surface area contributed by atoms with Gasteiger partial charge in [-0.15, -0.1) is 0 Å². The molecule has 5 N–H and O–H groups in total. The maximum atomic E-state index is 6.77. The Kier molecular flexibility index (Phi) is 5.73. The highest BCUT2D eigenvalue weighted by atomic mass is 32.2. The lowest BCUT2D eigenvalue weighted by molar-refractivity contribution is -0.00523. The predicted molar refractivity (Wildman–Crippen MR) is 134 cm³/mol. The van der Waals surface area contributed by atoms with Crippen molar-refractivity contribution in [2.75, 3.05) is 29.6 Å². The van der Waals surface area contributed by atoms with E-state index in [2.05, 4.69) is 45.6 Å². The van der Waals surface area contributed by atoms with Crippen LogP contribution in [0.3, 0.4) is 0 Å². The van der Waals surface area contributed by atoms with Gasteiger partial charge in [0, 0.05) is 30.2 Å². The number of fused-ring (bicyclic) bond motifs is 1. The highest BCUT2D eigenvalue weighted by Gasteiger charge is 2.31. The van der Waals surface area contributed by atoms with Gasteiger partial charge in [0.1, 0.15) is 5.82 Å². The molecule has 5 rings (SSSR count). The Morgan fingerprint density at radius 3 is 2.73 bits per heavy atom. The number of hydrogen-bond donors (Lipinski definition) is 4. The van der Waals surface area contributed by atoms with Crippen molar-refractivity contribution in [1.82, 2.24) is 20.5 Å². The fourth-order valence-electron chi connectivity index (χ4n) is 4.27. The summed E-state index contributed by atoms with van der Waals surface area (Å²) in [5.41, 5.74) is 9.33. The number of thioether (sulfide) groups is 1. The van der Waals surface area contributed by atoms with Gasteiger partial charge in [0.2, 0.25) is 0 Å². The minimum Gasteiger partial charge on any atom is -0.372 e. The first-order valence-electron chi connectivity index (χ1n) is 10.9. The van der Waals surface area contributed by atoms with Crippen LogP contribution in [0.1, 0.15) is 19.5 Å². The van der Waals surface area contributed by atoms with E-state index < -0.39 is 5.66 Å². The number of benzene rings is 1. The van der Waals surface area contributed by atoms with Crippen molar-refractivity contribution in [2.24, 2.45) is 10.7 Å². The molecule has 1 unspecified atom stereocenters. The minimum absolute atomic E-state index is 0.185. The zero-order chi connectivity index (χ0) is 23.0. The van der Waals surface area contributed by atoms with Gasteiger partial charge in [-0.1, -0.05) is 11.8 Å². The Morgan fingerprint density at radius 2 is 2.00 bits per heavy atom. The highest BCUT2D eigenvalue weighted by molar-refractivity contribution is 8.13. The van der Waals surface area contributed by atoms with E-state index in [0.717, 1.165) is 41.2 Å².